The molecule has 2 heterocycles. The van der Waals surface area contributed by atoms with Gasteiger partial charge in [0, 0.05) is 25.1 Å². The molecule has 0 spiro atoms. The van der Waals surface area contributed by atoms with Gasteiger partial charge in [0.1, 0.15) is 11.3 Å². The Bertz CT molecular complexity index is 938. The number of benzene rings is 2. The third-order valence-corrected chi connectivity index (χ3v) is 4.94. The van der Waals surface area contributed by atoms with Gasteiger partial charge >= 0.3 is 0 Å². The summed E-state index contributed by atoms with van der Waals surface area (Å²) in [5, 5.41) is 2.93. The van der Waals surface area contributed by atoms with Crippen molar-refractivity contribution in [2.24, 2.45) is 5.92 Å². The minimum absolute atomic E-state index is 0. The van der Waals surface area contributed by atoms with E-state index in [4.69, 9.17) is 14.9 Å². The quantitative estimate of drug-likeness (QED) is 0.594. The number of nitrogens with one attached hydrogen (secondary N) is 1. The molecule has 4 rings (SSSR count). The summed E-state index contributed by atoms with van der Waals surface area (Å²) in [6, 6.07) is 13.6. The second-order valence-corrected chi connectivity index (χ2v) is 6.67. The van der Waals surface area contributed by atoms with Gasteiger partial charge in [0.2, 0.25) is 5.91 Å². The molecule has 0 radical (unpaired) electrons. The highest BCUT2D eigenvalue weighted by Crippen LogP contribution is 2.29. The standard InChI is InChI=1S/C20H22N4O3.2ClH/c1-26-14-6-7-15(21)17(12-14)22-19(25)13-8-10-24(11-9-13)20-23-16-4-2-3-5-18(16)27-20;;/h2-7,12-13H,8-11,21H2,1H3,(H,22,25);2*1H. The van der Waals surface area contributed by atoms with Crippen LogP contribution in [-0.4, -0.2) is 31.1 Å². The number of methoxy groups -OCH3 is 1. The van der Waals surface area contributed by atoms with Gasteiger partial charge in [0.15, 0.2) is 5.58 Å². The third-order valence-electron chi connectivity index (χ3n) is 4.94. The number of anilines is 3. The van der Waals surface area contributed by atoms with Crippen molar-refractivity contribution in [3.05, 3.63) is 42.5 Å². The Balaban J connectivity index is 0.00000150. The van der Waals surface area contributed by atoms with Crippen LogP contribution in [0.3, 0.4) is 0 Å². The van der Waals surface area contributed by atoms with Crippen LogP contribution in [0.2, 0.25) is 0 Å². The highest BCUT2D eigenvalue weighted by Gasteiger charge is 2.27. The summed E-state index contributed by atoms with van der Waals surface area (Å²) < 4.78 is 11.0. The van der Waals surface area contributed by atoms with Crippen molar-refractivity contribution in [3.63, 3.8) is 0 Å². The number of nitrogens with two attached hydrogens (primary N) is 1. The fourth-order valence-corrected chi connectivity index (χ4v) is 3.33. The number of rotatable bonds is 4. The zero-order chi connectivity index (χ0) is 18.8. The molecule has 0 bridgehead atoms. The lowest BCUT2D eigenvalue weighted by atomic mass is 9.96. The largest absolute Gasteiger partial charge is 0.497 e. The molecule has 0 atom stereocenters. The van der Waals surface area contributed by atoms with Crippen LogP contribution >= 0.6 is 24.8 Å². The summed E-state index contributed by atoms with van der Waals surface area (Å²) in [5.41, 5.74) is 8.69. The molecule has 29 heavy (non-hydrogen) atoms. The van der Waals surface area contributed by atoms with E-state index in [1.165, 1.54) is 0 Å². The first-order valence-corrected chi connectivity index (χ1v) is 8.99. The Labute approximate surface area is 181 Å². The average molecular weight is 439 g/mol. The van der Waals surface area contributed by atoms with Crippen LogP contribution in [0.15, 0.2) is 46.9 Å². The molecule has 1 aliphatic rings. The van der Waals surface area contributed by atoms with Crippen LogP contribution in [0.25, 0.3) is 11.1 Å². The van der Waals surface area contributed by atoms with E-state index in [-0.39, 0.29) is 36.6 Å². The lowest BCUT2D eigenvalue weighted by Gasteiger charge is -2.30. The monoisotopic (exact) mass is 438 g/mol. The number of fused-ring (bicyclic) bond motifs is 1. The molecule has 0 unspecified atom stereocenters. The van der Waals surface area contributed by atoms with Crippen LogP contribution in [0.5, 0.6) is 5.75 Å². The molecule has 7 nitrogen and oxygen atoms in total. The van der Waals surface area contributed by atoms with E-state index < -0.39 is 0 Å². The van der Waals surface area contributed by atoms with Gasteiger partial charge in [-0.05, 0) is 37.1 Å². The van der Waals surface area contributed by atoms with Crippen LogP contribution in [-0.2, 0) is 4.79 Å². The van der Waals surface area contributed by atoms with Gasteiger partial charge in [-0.1, -0.05) is 12.1 Å². The number of hydrogen-bond acceptors (Lipinski definition) is 6. The van der Waals surface area contributed by atoms with Crippen molar-refractivity contribution >= 4 is 59.2 Å². The van der Waals surface area contributed by atoms with Gasteiger partial charge in [0.25, 0.3) is 6.01 Å². The Kier molecular flexibility index (Phi) is 7.59. The molecule has 1 amide bonds. The molecule has 2 aromatic carbocycles. The summed E-state index contributed by atoms with van der Waals surface area (Å²) in [6.07, 6.45) is 1.46. The number of carbonyl (C=O) groups excluding carboxylic acids is 1. The summed E-state index contributed by atoms with van der Waals surface area (Å²) in [6.45, 7) is 1.44. The predicted molar refractivity (Wildman–Crippen MR) is 119 cm³/mol. The second-order valence-electron chi connectivity index (χ2n) is 6.67. The molecule has 156 valence electrons. The minimum atomic E-state index is -0.0729. The van der Waals surface area contributed by atoms with E-state index in [1.54, 1.807) is 25.3 Å². The number of nitrogen functional groups attached to an aromatic ring is 1. The van der Waals surface area contributed by atoms with Crippen molar-refractivity contribution in [1.29, 1.82) is 0 Å². The highest BCUT2D eigenvalue weighted by atomic mass is 35.5. The van der Waals surface area contributed by atoms with Gasteiger partial charge in [-0.2, -0.15) is 4.98 Å². The van der Waals surface area contributed by atoms with Gasteiger partial charge < -0.3 is 25.1 Å². The van der Waals surface area contributed by atoms with Crippen LogP contribution in [0.1, 0.15) is 12.8 Å². The Morgan fingerprint density at radius 1 is 1.21 bits per heavy atom. The number of piperidine rings is 1. The maximum Gasteiger partial charge on any atom is 0.298 e. The van der Waals surface area contributed by atoms with Gasteiger partial charge in [-0.15, -0.1) is 24.8 Å². The van der Waals surface area contributed by atoms with Gasteiger partial charge in [-0.3, -0.25) is 4.79 Å². The van der Waals surface area contributed by atoms with E-state index in [0.29, 0.717) is 23.1 Å². The lowest BCUT2D eigenvalue weighted by molar-refractivity contribution is -0.120. The number of oxazole rings is 1. The molecule has 9 heteroatoms. The smallest absolute Gasteiger partial charge is 0.298 e. The molecule has 1 aliphatic heterocycles. The van der Waals surface area contributed by atoms with Crippen molar-refractivity contribution < 1.29 is 13.9 Å². The molecule has 3 aromatic rings. The first-order valence-electron chi connectivity index (χ1n) is 8.99. The Hall–Kier alpha value is -2.64. The number of nitrogens with zero attached hydrogens (tertiary/aromatic N) is 2. The average Bonchev–Trinajstić information content (AvgIpc) is 3.14. The fourth-order valence-electron chi connectivity index (χ4n) is 3.33. The maximum absolute atomic E-state index is 12.6. The van der Waals surface area contributed by atoms with E-state index in [1.807, 2.05) is 24.3 Å². The summed E-state index contributed by atoms with van der Waals surface area (Å²) in [7, 11) is 1.58. The molecule has 0 saturated carbocycles. The normalized spacial score (nSPS) is 14.0. The topological polar surface area (TPSA) is 93.6 Å². The highest BCUT2D eigenvalue weighted by molar-refractivity contribution is 5.95. The molecule has 1 fully saturated rings. The summed E-state index contributed by atoms with van der Waals surface area (Å²) in [5.74, 6) is 0.564. The molecular weight excluding hydrogens is 415 g/mol. The Morgan fingerprint density at radius 3 is 2.62 bits per heavy atom. The van der Waals surface area contributed by atoms with Crippen molar-refractivity contribution in [3.8, 4) is 5.75 Å². The Morgan fingerprint density at radius 2 is 1.93 bits per heavy atom. The summed E-state index contributed by atoms with van der Waals surface area (Å²) >= 11 is 0. The van der Waals surface area contributed by atoms with E-state index in [0.717, 1.165) is 37.0 Å². The van der Waals surface area contributed by atoms with Crippen molar-refractivity contribution in [2.45, 2.75) is 12.8 Å². The zero-order valence-corrected chi connectivity index (χ0v) is 17.6. The minimum Gasteiger partial charge on any atom is -0.497 e. The van der Waals surface area contributed by atoms with Crippen molar-refractivity contribution in [1.82, 2.24) is 4.98 Å². The number of ether oxygens (including phenoxy) is 1. The number of para-hydroxylation sites is 2. The fraction of sp³-hybridized carbons (Fsp3) is 0.300. The first kappa shape index (κ1) is 22.6. The summed E-state index contributed by atoms with van der Waals surface area (Å²) in [4.78, 5) is 19.3. The number of hydrogen-bond donors (Lipinski definition) is 2. The molecule has 1 saturated heterocycles. The van der Waals surface area contributed by atoms with Crippen LogP contribution in [0.4, 0.5) is 17.4 Å². The molecular formula is C20H24Cl2N4O3. The third kappa shape index (κ3) is 4.86. The number of aromatic nitrogens is 1. The zero-order valence-electron chi connectivity index (χ0n) is 16.0. The number of amides is 1. The van der Waals surface area contributed by atoms with Crippen molar-refractivity contribution in [2.75, 3.05) is 36.1 Å². The SMILES string of the molecule is COc1ccc(N)c(NC(=O)C2CCN(c3nc4ccccc4o3)CC2)c1.Cl.Cl. The second kappa shape index (κ2) is 9.71. The van der Waals surface area contributed by atoms with Gasteiger partial charge in [-0.25, -0.2) is 0 Å². The van der Waals surface area contributed by atoms with Gasteiger partial charge in [0.05, 0.1) is 18.5 Å². The van der Waals surface area contributed by atoms with E-state index >= 15 is 0 Å². The first-order chi connectivity index (χ1) is 13.1. The molecule has 3 N–H and O–H groups in total. The van der Waals surface area contributed by atoms with E-state index in [9.17, 15) is 4.79 Å². The van der Waals surface area contributed by atoms with E-state index in [2.05, 4.69) is 15.2 Å². The number of halogens is 2. The van der Waals surface area contributed by atoms with Crippen LogP contribution in [0, 0.1) is 5.92 Å². The number of carbonyl (C=O) groups is 1. The predicted octanol–water partition coefficient (Wildman–Crippen LogP) is 4.12. The molecule has 1 aromatic heterocycles. The van der Waals surface area contributed by atoms with Crippen LogP contribution < -0.4 is 20.7 Å². The molecule has 0 aliphatic carbocycles. The maximum atomic E-state index is 12.6. The lowest BCUT2D eigenvalue weighted by Crippen LogP contribution is -2.38.